The first-order valence-electron chi connectivity index (χ1n) is 10.9. The van der Waals surface area contributed by atoms with Gasteiger partial charge in [0.1, 0.15) is 0 Å². The van der Waals surface area contributed by atoms with Crippen LogP contribution in [0.2, 0.25) is 18.1 Å². The van der Waals surface area contributed by atoms with E-state index >= 15 is 0 Å². The van der Waals surface area contributed by atoms with E-state index in [4.69, 9.17) is 39.8 Å². The van der Waals surface area contributed by atoms with Crippen molar-refractivity contribution in [3.05, 3.63) is 0 Å². The van der Waals surface area contributed by atoms with Gasteiger partial charge in [0.25, 0.3) is 0 Å². The van der Waals surface area contributed by atoms with Crippen molar-refractivity contribution in [2.45, 2.75) is 18.1 Å². The molecule has 0 aromatic carbocycles. The Morgan fingerprint density at radius 2 is 0.576 bits per heavy atom. The number of rotatable bonds is 18. The van der Waals surface area contributed by atoms with Gasteiger partial charge in [0, 0.05) is 102 Å². The van der Waals surface area contributed by atoms with Crippen molar-refractivity contribution in [3.8, 4) is 0 Å². The Morgan fingerprint density at radius 3 is 0.727 bits per heavy atom. The van der Waals surface area contributed by atoms with Crippen LogP contribution in [0.15, 0.2) is 0 Å². The number of nitrogens with zero attached hydrogens (tertiary/aromatic N) is 3. The summed E-state index contributed by atoms with van der Waals surface area (Å²) >= 11 is 0. The maximum atomic E-state index is 5.61. The van der Waals surface area contributed by atoms with E-state index in [-0.39, 0.29) is 0 Å². The van der Waals surface area contributed by atoms with Crippen LogP contribution in [0.4, 0.5) is 0 Å². The topological polar surface area (TPSA) is 92.8 Å². The fourth-order valence-electron chi connectivity index (χ4n) is 3.96. The zero-order valence-electron chi connectivity index (χ0n) is 21.9. The first kappa shape index (κ1) is 31.2. The highest BCUT2D eigenvalue weighted by Gasteiger charge is 2.42. The summed E-state index contributed by atoms with van der Waals surface area (Å²) in [6.07, 6.45) is 0. The van der Waals surface area contributed by atoms with Crippen LogP contribution in [-0.4, -0.2) is 145 Å². The standard InChI is InChI=1S/C18H45N3O9Si3/c1-22-31(23-2,24-3)13-10-19-16-20(11-14-32(25-4,26-5)27-6)18-21(17-19)12-15-33(28-7,29-8)30-9/h10-18H2,1-9H3. The predicted molar refractivity (Wildman–Crippen MR) is 129 cm³/mol. The Morgan fingerprint density at radius 1 is 0.394 bits per heavy atom. The molecule has 0 spiro atoms. The molecule has 1 aliphatic rings. The maximum Gasteiger partial charge on any atom is 0.501 e. The third kappa shape index (κ3) is 8.96. The highest BCUT2D eigenvalue weighted by molar-refractivity contribution is 6.61. The molecule has 1 rings (SSSR count). The van der Waals surface area contributed by atoms with E-state index in [9.17, 15) is 0 Å². The lowest BCUT2D eigenvalue weighted by atomic mass is 10.4. The van der Waals surface area contributed by atoms with Gasteiger partial charge in [-0.25, -0.2) is 0 Å². The third-order valence-corrected chi connectivity index (χ3v) is 14.3. The molecule has 0 bridgehead atoms. The van der Waals surface area contributed by atoms with Crippen LogP contribution >= 0.6 is 0 Å². The van der Waals surface area contributed by atoms with Crippen LogP contribution in [0.25, 0.3) is 0 Å². The molecule has 15 heteroatoms. The second-order valence-corrected chi connectivity index (χ2v) is 17.0. The predicted octanol–water partition coefficient (Wildman–Crippen LogP) is 0.413. The van der Waals surface area contributed by atoms with Crippen molar-refractivity contribution >= 4 is 26.4 Å². The van der Waals surface area contributed by atoms with E-state index in [2.05, 4.69) is 14.7 Å². The van der Waals surface area contributed by atoms with Crippen LogP contribution < -0.4 is 0 Å². The van der Waals surface area contributed by atoms with Gasteiger partial charge in [-0.05, 0) is 0 Å². The Balaban J connectivity index is 2.89. The van der Waals surface area contributed by atoms with Crippen LogP contribution in [0.1, 0.15) is 0 Å². The fraction of sp³-hybridized carbons (Fsp3) is 1.00. The molecule has 0 N–H and O–H groups in total. The lowest BCUT2D eigenvalue weighted by molar-refractivity contribution is -0.0281. The first-order valence-corrected chi connectivity index (χ1v) is 16.7. The minimum Gasteiger partial charge on any atom is -0.377 e. The summed E-state index contributed by atoms with van der Waals surface area (Å²) in [7, 11) is 6.79. The van der Waals surface area contributed by atoms with Crippen LogP contribution in [-0.2, 0) is 39.8 Å². The molecule has 0 unspecified atom stereocenters. The van der Waals surface area contributed by atoms with E-state index in [0.717, 1.165) is 39.6 Å². The summed E-state index contributed by atoms with van der Waals surface area (Å²) in [5.74, 6) is 0. The second kappa shape index (κ2) is 15.3. The molecule has 33 heavy (non-hydrogen) atoms. The summed E-state index contributed by atoms with van der Waals surface area (Å²) < 4.78 is 50.4. The highest BCUT2D eigenvalue weighted by Crippen LogP contribution is 2.20. The van der Waals surface area contributed by atoms with Crippen molar-refractivity contribution < 1.29 is 39.8 Å². The van der Waals surface area contributed by atoms with Crippen molar-refractivity contribution in [1.29, 1.82) is 0 Å². The monoisotopic (exact) mass is 531 g/mol. The second-order valence-electron chi connectivity index (χ2n) is 7.74. The van der Waals surface area contributed by atoms with Gasteiger partial charge in [0.05, 0.1) is 20.0 Å². The van der Waals surface area contributed by atoms with E-state index < -0.39 is 26.4 Å². The smallest absolute Gasteiger partial charge is 0.377 e. The highest BCUT2D eigenvalue weighted by atomic mass is 28.4. The molecule has 0 amide bonds. The fourth-order valence-corrected chi connectivity index (χ4v) is 9.07. The minimum atomic E-state index is -2.66. The molecule has 0 saturated carbocycles. The zero-order valence-corrected chi connectivity index (χ0v) is 24.9. The molecule has 0 aromatic rings. The van der Waals surface area contributed by atoms with Gasteiger partial charge in [-0.2, -0.15) is 0 Å². The first-order chi connectivity index (χ1) is 15.8. The Hall–Kier alpha value is 0.171. The average molecular weight is 532 g/mol. The Kier molecular flexibility index (Phi) is 14.5. The lowest BCUT2D eigenvalue weighted by Crippen LogP contribution is -2.58. The summed E-state index contributed by atoms with van der Waals surface area (Å²) in [6, 6.07) is 2.08. The molecule has 1 saturated heterocycles. The van der Waals surface area contributed by atoms with Crippen molar-refractivity contribution in [2.75, 3.05) is 104 Å². The summed E-state index contributed by atoms with van der Waals surface area (Å²) in [5, 5.41) is 0. The molecular formula is C18H45N3O9Si3. The molecule has 1 aliphatic heterocycles. The molecule has 0 radical (unpaired) electrons. The molecular weight excluding hydrogens is 486 g/mol. The average Bonchev–Trinajstić information content (AvgIpc) is 2.87. The summed E-state index contributed by atoms with van der Waals surface area (Å²) in [5.41, 5.74) is 0. The Labute approximate surface area is 202 Å². The van der Waals surface area contributed by atoms with Gasteiger partial charge in [-0.1, -0.05) is 0 Å². The summed E-state index contributed by atoms with van der Waals surface area (Å²) in [4.78, 5) is 7.06. The van der Waals surface area contributed by atoms with Crippen LogP contribution in [0.3, 0.4) is 0 Å². The summed E-state index contributed by atoms with van der Waals surface area (Å²) in [6.45, 7) is 4.70. The largest absolute Gasteiger partial charge is 0.501 e. The van der Waals surface area contributed by atoms with Crippen molar-refractivity contribution in [2.24, 2.45) is 0 Å². The molecule has 0 aliphatic carbocycles. The lowest BCUT2D eigenvalue weighted by Gasteiger charge is -2.44. The van der Waals surface area contributed by atoms with Crippen LogP contribution in [0.5, 0.6) is 0 Å². The van der Waals surface area contributed by atoms with Gasteiger partial charge in [0.2, 0.25) is 0 Å². The van der Waals surface area contributed by atoms with Gasteiger partial charge < -0.3 is 39.8 Å². The van der Waals surface area contributed by atoms with E-state index in [1.165, 1.54) is 0 Å². The third-order valence-electron chi connectivity index (χ3n) is 6.20. The minimum absolute atomic E-state index is 0.692. The molecule has 198 valence electrons. The zero-order chi connectivity index (χ0) is 25.0. The van der Waals surface area contributed by atoms with Gasteiger partial charge in [-0.15, -0.1) is 0 Å². The van der Waals surface area contributed by atoms with Gasteiger partial charge >= 0.3 is 26.4 Å². The van der Waals surface area contributed by atoms with Crippen molar-refractivity contribution in [1.82, 2.24) is 14.7 Å². The molecule has 0 atom stereocenters. The number of hydrogen-bond donors (Lipinski definition) is 0. The van der Waals surface area contributed by atoms with Gasteiger partial charge in [0.15, 0.2) is 0 Å². The molecule has 0 aromatic heterocycles. The Bertz CT molecular complexity index is 428. The van der Waals surface area contributed by atoms with E-state index in [0.29, 0.717) is 18.1 Å². The SMILES string of the molecule is CO[Si](CCN1CN(CC[Si](OC)(OC)OC)CN(CC[Si](OC)(OC)OC)C1)(OC)OC. The quantitative estimate of drug-likeness (QED) is 0.229. The van der Waals surface area contributed by atoms with Crippen LogP contribution in [0, 0.1) is 0 Å². The van der Waals surface area contributed by atoms with Gasteiger partial charge in [-0.3, -0.25) is 14.7 Å². The van der Waals surface area contributed by atoms with Crippen molar-refractivity contribution in [3.63, 3.8) is 0 Å². The molecule has 1 heterocycles. The van der Waals surface area contributed by atoms with E-state index in [1.54, 1.807) is 64.0 Å². The normalized spacial score (nSPS) is 17.7. The van der Waals surface area contributed by atoms with E-state index in [1.807, 2.05) is 0 Å². The molecule has 1 fully saturated rings. The maximum absolute atomic E-state index is 5.61. The molecule has 12 nitrogen and oxygen atoms in total. The number of hydrogen-bond acceptors (Lipinski definition) is 12.